The van der Waals surface area contributed by atoms with Crippen LogP contribution < -0.4 is 14.8 Å². The lowest BCUT2D eigenvalue weighted by molar-refractivity contribution is 0.0796. The molecule has 1 heterocycles. The van der Waals surface area contributed by atoms with Crippen molar-refractivity contribution in [1.29, 1.82) is 0 Å². The van der Waals surface area contributed by atoms with Gasteiger partial charge in [0.1, 0.15) is 13.2 Å². The minimum absolute atomic E-state index is 0.270. The Balaban J connectivity index is 1.86. The summed E-state index contributed by atoms with van der Waals surface area (Å²) < 4.78 is 16.6. The number of ether oxygens (including phenoxy) is 3. The smallest absolute Gasteiger partial charge is 0.161 e. The largest absolute Gasteiger partial charge is 0.486 e. The van der Waals surface area contributed by atoms with Crippen molar-refractivity contribution in [3.63, 3.8) is 0 Å². The van der Waals surface area contributed by atoms with Crippen LogP contribution in [0.25, 0.3) is 0 Å². The quantitative estimate of drug-likeness (QED) is 0.802. The van der Waals surface area contributed by atoms with Crippen LogP contribution >= 0.6 is 0 Å². The van der Waals surface area contributed by atoms with Crippen LogP contribution in [0.1, 0.15) is 32.4 Å². The van der Waals surface area contributed by atoms with Crippen LogP contribution in [0, 0.1) is 0 Å². The average molecular weight is 265 g/mol. The van der Waals surface area contributed by atoms with Crippen LogP contribution in [0.4, 0.5) is 0 Å². The predicted octanol–water partition coefficient (Wildman–Crippen LogP) is 2.53. The van der Waals surface area contributed by atoms with E-state index in [1.807, 2.05) is 19.9 Å². The Morgan fingerprint density at radius 2 is 1.89 bits per heavy atom. The summed E-state index contributed by atoms with van der Waals surface area (Å²) in [7, 11) is 0. The number of rotatable bonds is 6. The van der Waals surface area contributed by atoms with Gasteiger partial charge in [-0.2, -0.15) is 0 Å². The summed E-state index contributed by atoms with van der Waals surface area (Å²) in [4.78, 5) is 0. The first-order valence-corrected chi connectivity index (χ1v) is 6.91. The second kappa shape index (κ2) is 6.78. The first kappa shape index (κ1) is 14.2. The summed E-state index contributed by atoms with van der Waals surface area (Å²) in [5.41, 5.74) is 1.20. The standard InChI is InChI=1S/C15H23NO3/c1-11(2)17-7-6-16-12(3)13-4-5-14-15(10-13)19-9-8-18-14/h4-5,10-12,16H,6-9H2,1-3H3. The number of hydrogen-bond donors (Lipinski definition) is 1. The fourth-order valence-electron chi connectivity index (χ4n) is 2.02. The summed E-state index contributed by atoms with van der Waals surface area (Å²) in [5, 5.41) is 3.44. The SMILES string of the molecule is CC(C)OCCNC(C)c1ccc2c(c1)OCCO2. The Bertz CT molecular complexity index is 406. The Labute approximate surface area is 115 Å². The van der Waals surface area contributed by atoms with E-state index in [9.17, 15) is 0 Å². The molecule has 0 saturated heterocycles. The molecule has 2 rings (SSSR count). The molecule has 1 unspecified atom stereocenters. The summed E-state index contributed by atoms with van der Waals surface area (Å²) in [6.07, 6.45) is 0.284. The molecule has 1 atom stereocenters. The molecule has 1 aliphatic heterocycles. The highest BCUT2D eigenvalue weighted by atomic mass is 16.6. The van der Waals surface area contributed by atoms with Crippen molar-refractivity contribution in [1.82, 2.24) is 5.32 Å². The molecular weight excluding hydrogens is 242 g/mol. The van der Waals surface area contributed by atoms with Crippen molar-refractivity contribution in [2.75, 3.05) is 26.4 Å². The Hall–Kier alpha value is -1.26. The van der Waals surface area contributed by atoms with Gasteiger partial charge in [-0.15, -0.1) is 0 Å². The molecule has 1 N–H and O–H groups in total. The average Bonchev–Trinajstić information content (AvgIpc) is 2.42. The Kier molecular flexibility index (Phi) is 5.05. The first-order valence-electron chi connectivity index (χ1n) is 6.91. The lowest BCUT2D eigenvalue weighted by Crippen LogP contribution is -2.24. The van der Waals surface area contributed by atoms with E-state index in [0.717, 1.165) is 24.7 Å². The zero-order chi connectivity index (χ0) is 13.7. The van der Waals surface area contributed by atoms with Crippen LogP contribution in [-0.4, -0.2) is 32.5 Å². The summed E-state index contributed by atoms with van der Waals surface area (Å²) in [6, 6.07) is 6.38. The number of benzene rings is 1. The van der Waals surface area contributed by atoms with Gasteiger partial charge in [0.25, 0.3) is 0 Å². The van der Waals surface area contributed by atoms with Crippen molar-refractivity contribution >= 4 is 0 Å². The molecule has 1 aliphatic rings. The third-order valence-corrected chi connectivity index (χ3v) is 3.07. The van der Waals surface area contributed by atoms with E-state index in [-0.39, 0.29) is 12.1 Å². The molecule has 0 aromatic heterocycles. The maximum Gasteiger partial charge on any atom is 0.161 e. The van der Waals surface area contributed by atoms with Gasteiger partial charge in [0.2, 0.25) is 0 Å². The normalized spacial score (nSPS) is 15.6. The molecule has 0 amide bonds. The van der Waals surface area contributed by atoms with E-state index in [1.54, 1.807) is 0 Å². The molecule has 4 heteroatoms. The lowest BCUT2D eigenvalue weighted by Gasteiger charge is -2.21. The second-order valence-corrected chi connectivity index (χ2v) is 5.00. The second-order valence-electron chi connectivity index (χ2n) is 5.00. The fraction of sp³-hybridized carbons (Fsp3) is 0.600. The molecule has 1 aromatic carbocycles. The molecular formula is C15H23NO3. The lowest BCUT2D eigenvalue weighted by atomic mass is 10.1. The maximum atomic E-state index is 5.59. The van der Waals surface area contributed by atoms with Gasteiger partial charge in [-0.05, 0) is 38.5 Å². The molecule has 0 spiro atoms. The van der Waals surface area contributed by atoms with Gasteiger partial charge in [0.15, 0.2) is 11.5 Å². The minimum Gasteiger partial charge on any atom is -0.486 e. The molecule has 1 aromatic rings. The molecule has 106 valence electrons. The summed E-state index contributed by atoms with van der Waals surface area (Å²) in [5.74, 6) is 1.68. The van der Waals surface area contributed by atoms with Crippen LogP contribution in [0.5, 0.6) is 11.5 Å². The van der Waals surface area contributed by atoms with Crippen molar-refractivity contribution in [3.8, 4) is 11.5 Å². The summed E-state index contributed by atoms with van der Waals surface area (Å²) in [6.45, 7) is 9.06. The Morgan fingerprint density at radius 1 is 1.16 bits per heavy atom. The van der Waals surface area contributed by atoms with E-state index in [1.165, 1.54) is 5.56 Å². The zero-order valence-corrected chi connectivity index (χ0v) is 11.9. The first-order chi connectivity index (χ1) is 9.16. The molecule has 0 bridgehead atoms. The van der Waals surface area contributed by atoms with Crippen LogP contribution in [0.3, 0.4) is 0 Å². The Morgan fingerprint density at radius 3 is 2.63 bits per heavy atom. The third-order valence-electron chi connectivity index (χ3n) is 3.07. The van der Waals surface area contributed by atoms with Gasteiger partial charge in [0.05, 0.1) is 12.7 Å². The molecule has 0 saturated carbocycles. The zero-order valence-electron chi connectivity index (χ0n) is 11.9. The highest BCUT2D eigenvalue weighted by molar-refractivity contribution is 5.44. The molecule has 19 heavy (non-hydrogen) atoms. The highest BCUT2D eigenvalue weighted by Crippen LogP contribution is 2.32. The number of hydrogen-bond acceptors (Lipinski definition) is 4. The fourth-order valence-corrected chi connectivity index (χ4v) is 2.02. The van der Waals surface area contributed by atoms with Crippen LogP contribution in [-0.2, 0) is 4.74 Å². The summed E-state index contributed by atoms with van der Waals surface area (Å²) >= 11 is 0. The van der Waals surface area contributed by atoms with Crippen molar-refractivity contribution < 1.29 is 14.2 Å². The van der Waals surface area contributed by atoms with Crippen LogP contribution in [0.2, 0.25) is 0 Å². The van der Waals surface area contributed by atoms with Crippen LogP contribution in [0.15, 0.2) is 18.2 Å². The molecule has 4 nitrogen and oxygen atoms in total. The maximum absolute atomic E-state index is 5.59. The predicted molar refractivity (Wildman–Crippen MR) is 74.9 cm³/mol. The van der Waals surface area contributed by atoms with Crippen molar-refractivity contribution in [2.45, 2.75) is 32.9 Å². The number of fused-ring (bicyclic) bond motifs is 1. The minimum atomic E-state index is 0.270. The topological polar surface area (TPSA) is 39.7 Å². The molecule has 0 radical (unpaired) electrons. The van der Waals surface area contributed by atoms with Gasteiger partial charge in [0, 0.05) is 12.6 Å². The highest BCUT2D eigenvalue weighted by Gasteiger charge is 2.14. The van der Waals surface area contributed by atoms with Crippen molar-refractivity contribution in [2.24, 2.45) is 0 Å². The van der Waals surface area contributed by atoms with E-state index in [0.29, 0.717) is 13.2 Å². The van der Waals surface area contributed by atoms with Gasteiger partial charge in [-0.1, -0.05) is 6.07 Å². The van der Waals surface area contributed by atoms with Gasteiger partial charge in [-0.3, -0.25) is 0 Å². The van der Waals surface area contributed by atoms with Gasteiger partial charge in [-0.25, -0.2) is 0 Å². The molecule has 0 aliphatic carbocycles. The van der Waals surface area contributed by atoms with E-state index in [2.05, 4.69) is 24.4 Å². The van der Waals surface area contributed by atoms with E-state index < -0.39 is 0 Å². The monoisotopic (exact) mass is 265 g/mol. The number of nitrogens with one attached hydrogen (secondary N) is 1. The molecule has 0 fully saturated rings. The van der Waals surface area contributed by atoms with Gasteiger partial charge >= 0.3 is 0 Å². The van der Waals surface area contributed by atoms with Gasteiger partial charge < -0.3 is 19.5 Å². The third kappa shape index (κ3) is 4.11. The van der Waals surface area contributed by atoms with Crippen molar-refractivity contribution in [3.05, 3.63) is 23.8 Å². The van der Waals surface area contributed by atoms with E-state index in [4.69, 9.17) is 14.2 Å². The van der Waals surface area contributed by atoms with E-state index >= 15 is 0 Å².